The molecule has 262 valence electrons. The fraction of sp³-hybridized carbons (Fsp3) is 0.730. The summed E-state index contributed by atoms with van der Waals surface area (Å²) in [6.07, 6.45) is 11.1. The number of esters is 2. The van der Waals surface area contributed by atoms with Gasteiger partial charge < -0.3 is 34.6 Å². The van der Waals surface area contributed by atoms with E-state index in [4.69, 9.17) is 29.9 Å². The number of cyclic esters (lactones) is 1. The zero-order valence-electron chi connectivity index (χ0n) is 29.7. The molecule has 1 aromatic carbocycles. The van der Waals surface area contributed by atoms with E-state index in [1.54, 1.807) is 0 Å². The molecule has 2 aliphatic rings. The standard InChI is InChI=1S/C31H52O3.C6H8O6/c1-21(2)13-10-14-22(3)15-11-16-23(4)17-12-19-31(9)20-18-28-26(7)29(33-27(8)32)24(5)25(6)30(28)34-31;7-1-2(8)5-3(9)4(10)6(11)12-5/h21-23H,10-20H2,1-9H3;2,5,7-10H,1H2/t;2-,5+/m.0/s1. The van der Waals surface area contributed by atoms with Gasteiger partial charge in [-0.1, -0.05) is 72.6 Å². The lowest BCUT2D eigenvalue weighted by Gasteiger charge is -2.38. The third kappa shape index (κ3) is 11.2. The number of ether oxygens (including phenoxy) is 3. The number of carbonyl (C=O) groups is 2. The van der Waals surface area contributed by atoms with Crippen LogP contribution >= 0.6 is 0 Å². The number of fused-ring (bicyclic) bond motifs is 1. The first kappa shape index (κ1) is 39.4. The summed E-state index contributed by atoms with van der Waals surface area (Å²) in [5, 5.41) is 35.0. The van der Waals surface area contributed by atoms with Gasteiger partial charge in [0.2, 0.25) is 5.76 Å². The average molecular weight is 649 g/mol. The van der Waals surface area contributed by atoms with Crippen LogP contribution in [0.3, 0.4) is 0 Å². The first-order chi connectivity index (χ1) is 21.5. The van der Waals surface area contributed by atoms with Crippen LogP contribution in [0.25, 0.3) is 0 Å². The van der Waals surface area contributed by atoms with E-state index < -0.39 is 36.3 Å². The van der Waals surface area contributed by atoms with Crippen molar-refractivity contribution in [2.75, 3.05) is 6.61 Å². The molecule has 2 aliphatic heterocycles. The zero-order valence-corrected chi connectivity index (χ0v) is 29.7. The van der Waals surface area contributed by atoms with Crippen LogP contribution in [-0.2, 0) is 20.7 Å². The molecule has 4 N–H and O–H groups in total. The van der Waals surface area contributed by atoms with Crippen LogP contribution in [0, 0.1) is 38.5 Å². The maximum absolute atomic E-state index is 11.6. The van der Waals surface area contributed by atoms with Crippen LogP contribution < -0.4 is 9.47 Å². The largest absolute Gasteiger partial charge is 0.505 e. The van der Waals surface area contributed by atoms with Gasteiger partial charge in [0.25, 0.3) is 0 Å². The molecule has 9 nitrogen and oxygen atoms in total. The van der Waals surface area contributed by atoms with E-state index in [0.29, 0.717) is 0 Å². The van der Waals surface area contributed by atoms with Crippen molar-refractivity contribution in [3.05, 3.63) is 33.8 Å². The van der Waals surface area contributed by atoms with Crippen molar-refractivity contribution in [2.45, 2.75) is 151 Å². The summed E-state index contributed by atoms with van der Waals surface area (Å²) < 4.78 is 16.5. The summed E-state index contributed by atoms with van der Waals surface area (Å²) in [5.41, 5.74) is 4.29. The maximum atomic E-state index is 11.6. The summed E-state index contributed by atoms with van der Waals surface area (Å²) in [6.45, 7) is 18.8. The summed E-state index contributed by atoms with van der Waals surface area (Å²) in [6, 6.07) is 0. The van der Waals surface area contributed by atoms with Crippen molar-refractivity contribution in [2.24, 2.45) is 17.8 Å². The van der Waals surface area contributed by atoms with Crippen molar-refractivity contribution in [1.82, 2.24) is 0 Å². The van der Waals surface area contributed by atoms with Gasteiger partial charge in [-0.2, -0.15) is 0 Å². The molecule has 0 amide bonds. The Morgan fingerprint density at radius 3 is 2.00 bits per heavy atom. The Morgan fingerprint density at radius 1 is 0.935 bits per heavy atom. The van der Waals surface area contributed by atoms with Gasteiger partial charge in [-0.25, -0.2) is 4.79 Å². The zero-order chi connectivity index (χ0) is 34.8. The molecule has 2 heterocycles. The molecule has 3 rings (SSSR count). The van der Waals surface area contributed by atoms with Gasteiger partial charge >= 0.3 is 11.9 Å². The van der Waals surface area contributed by atoms with E-state index >= 15 is 0 Å². The Kier molecular flexibility index (Phi) is 15.4. The molecule has 0 aliphatic carbocycles. The van der Waals surface area contributed by atoms with E-state index in [1.165, 1.54) is 63.9 Å². The van der Waals surface area contributed by atoms with E-state index in [1.807, 2.05) is 6.92 Å². The molecule has 0 aromatic heterocycles. The third-order valence-electron chi connectivity index (χ3n) is 9.56. The summed E-state index contributed by atoms with van der Waals surface area (Å²) in [5.74, 6) is 1.21. The molecule has 5 atom stereocenters. The molecule has 0 saturated carbocycles. The minimum atomic E-state index is -1.42. The maximum Gasteiger partial charge on any atom is 0.377 e. The molecular weight excluding hydrogens is 588 g/mol. The number of benzene rings is 1. The third-order valence-corrected chi connectivity index (χ3v) is 9.56. The van der Waals surface area contributed by atoms with Gasteiger partial charge in [0.05, 0.1) is 6.61 Å². The fourth-order valence-corrected chi connectivity index (χ4v) is 6.38. The monoisotopic (exact) mass is 648 g/mol. The number of rotatable bonds is 15. The molecule has 1 aromatic rings. The SMILES string of the molecule is CC(=O)Oc1c(C)c(C)c2c(c1C)CCC(C)(CCCC(C)CCCC(C)CCCC(C)C)O2.O=C1O[C@H]([C@@H](O)CO)C(O)=C1O. The smallest absolute Gasteiger partial charge is 0.377 e. The van der Waals surface area contributed by atoms with Crippen LogP contribution in [0.15, 0.2) is 11.5 Å². The lowest BCUT2D eigenvalue weighted by atomic mass is 9.83. The van der Waals surface area contributed by atoms with Gasteiger partial charge in [0, 0.05) is 12.5 Å². The molecule has 0 bridgehead atoms. The van der Waals surface area contributed by atoms with E-state index in [2.05, 4.69) is 53.2 Å². The van der Waals surface area contributed by atoms with E-state index in [0.717, 1.165) is 65.2 Å². The highest BCUT2D eigenvalue weighted by Gasteiger charge is 2.39. The van der Waals surface area contributed by atoms with Crippen molar-refractivity contribution in [3.8, 4) is 11.5 Å². The summed E-state index contributed by atoms with van der Waals surface area (Å²) in [4.78, 5) is 22.1. The molecule has 3 unspecified atom stereocenters. The van der Waals surface area contributed by atoms with Gasteiger partial charge in [-0.05, 0) is 87.8 Å². The topological polar surface area (TPSA) is 143 Å². The Hall–Kier alpha value is -2.78. The molecule has 0 saturated heterocycles. The summed E-state index contributed by atoms with van der Waals surface area (Å²) >= 11 is 0. The van der Waals surface area contributed by atoms with Crippen molar-refractivity contribution in [3.63, 3.8) is 0 Å². The minimum absolute atomic E-state index is 0.107. The quantitative estimate of drug-likeness (QED) is 0.111. The highest BCUT2D eigenvalue weighted by Crippen LogP contribution is 2.45. The lowest BCUT2D eigenvalue weighted by Crippen LogP contribution is -2.37. The Bertz CT molecular complexity index is 1200. The second kappa shape index (κ2) is 17.9. The Balaban J connectivity index is 0.000000512. The van der Waals surface area contributed by atoms with E-state index in [9.17, 15) is 9.59 Å². The fourth-order valence-electron chi connectivity index (χ4n) is 6.38. The number of carbonyl (C=O) groups excluding carboxylic acids is 2. The average Bonchev–Trinajstić information content (AvgIpc) is 3.24. The van der Waals surface area contributed by atoms with Gasteiger partial charge in [-0.15, -0.1) is 0 Å². The van der Waals surface area contributed by atoms with Crippen molar-refractivity contribution in [1.29, 1.82) is 0 Å². The van der Waals surface area contributed by atoms with Crippen molar-refractivity contribution < 1.29 is 44.2 Å². The molecule has 0 spiro atoms. The van der Waals surface area contributed by atoms with Gasteiger partial charge in [0.15, 0.2) is 11.9 Å². The van der Waals surface area contributed by atoms with Crippen LogP contribution in [0.5, 0.6) is 11.5 Å². The normalized spacial score (nSPS) is 21.1. The van der Waals surface area contributed by atoms with Crippen LogP contribution in [0.2, 0.25) is 0 Å². The molecular formula is C37H60O9. The van der Waals surface area contributed by atoms with Gasteiger partial charge in [0.1, 0.15) is 23.2 Å². The highest BCUT2D eigenvalue weighted by atomic mass is 16.6. The molecule has 46 heavy (non-hydrogen) atoms. The first-order valence-electron chi connectivity index (χ1n) is 17.1. The predicted octanol–water partition coefficient (Wildman–Crippen LogP) is 7.65. The Morgan fingerprint density at radius 2 is 1.50 bits per heavy atom. The first-order valence-corrected chi connectivity index (χ1v) is 17.1. The number of aliphatic hydroxyl groups is 4. The lowest BCUT2D eigenvalue weighted by molar-refractivity contribution is -0.147. The number of aliphatic hydroxyl groups excluding tert-OH is 4. The second-order valence-electron chi connectivity index (χ2n) is 14.3. The molecule has 0 radical (unpaired) electrons. The minimum Gasteiger partial charge on any atom is -0.505 e. The summed E-state index contributed by atoms with van der Waals surface area (Å²) in [7, 11) is 0. The Labute approximate surface area is 276 Å². The van der Waals surface area contributed by atoms with Crippen molar-refractivity contribution >= 4 is 11.9 Å². The predicted molar refractivity (Wildman–Crippen MR) is 179 cm³/mol. The number of hydrogen-bond donors (Lipinski definition) is 4. The van der Waals surface area contributed by atoms with Crippen LogP contribution in [0.4, 0.5) is 0 Å². The van der Waals surface area contributed by atoms with Gasteiger partial charge in [-0.3, -0.25) is 4.79 Å². The van der Waals surface area contributed by atoms with Crippen LogP contribution in [-0.4, -0.2) is 56.8 Å². The molecule has 9 heteroatoms. The van der Waals surface area contributed by atoms with E-state index in [-0.39, 0.29) is 11.6 Å². The number of hydrogen-bond acceptors (Lipinski definition) is 9. The second-order valence-corrected chi connectivity index (χ2v) is 14.3. The van der Waals surface area contributed by atoms with Crippen LogP contribution in [0.1, 0.15) is 128 Å². The highest BCUT2D eigenvalue weighted by molar-refractivity contribution is 5.89. The molecule has 0 fully saturated rings.